The van der Waals surface area contributed by atoms with E-state index in [4.69, 9.17) is 10.5 Å². The third kappa shape index (κ3) is 4.32. The number of amides is 2. The Morgan fingerprint density at radius 1 is 1.19 bits per heavy atom. The van der Waals surface area contributed by atoms with Gasteiger partial charge in [0.25, 0.3) is 0 Å². The first-order valence-electron chi connectivity index (χ1n) is 11.2. The fraction of sp³-hybridized carbons (Fsp3) is 0.625. The number of aromatic carboxylic acids is 1. The number of carboxylic acids is 1. The van der Waals surface area contributed by atoms with Crippen LogP contribution in [0.25, 0.3) is 0 Å². The molecule has 176 valence electrons. The molecule has 1 saturated heterocycles. The van der Waals surface area contributed by atoms with Crippen molar-refractivity contribution in [2.45, 2.75) is 76.9 Å². The molecular weight excluding hydrogens is 415 g/mol. The normalized spacial score (nSPS) is 26.7. The molecular formula is C24H33FN2O5. The highest BCUT2D eigenvalue weighted by Crippen LogP contribution is 2.52. The van der Waals surface area contributed by atoms with Crippen molar-refractivity contribution in [1.29, 1.82) is 0 Å². The molecule has 3 rings (SSSR count). The van der Waals surface area contributed by atoms with E-state index in [0.717, 1.165) is 32.1 Å². The van der Waals surface area contributed by atoms with E-state index >= 15 is 4.39 Å². The van der Waals surface area contributed by atoms with E-state index < -0.39 is 46.8 Å². The summed E-state index contributed by atoms with van der Waals surface area (Å²) in [5.74, 6) is -3.83. The monoisotopic (exact) mass is 448 g/mol. The van der Waals surface area contributed by atoms with Gasteiger partial charge in [0.15, 0.2) is 0 Å². The van der Waals surface area contributed by atoms with Gasteiger partial charge in [-0.15, -0.1) is 0 Å². The van der Waals surface area contributed by atoms with Gasteiger partial charge in [-0.3, -0.25) is 9.69 Å². The molecule has 0 bridgehead atoms. The molecule has 1 aliphatic carbocycles. The predicted molar refractivity (Wildman–Crippen MR) is 117 cm³/mol. The van der Waals surface area contributed by atoms with Crippen molar-refractivity contribution in [3.05, 3.63) is 35.1 Å². The van der Waals surface area contributed by atoms with Crippen molar-refractivity contribution in [3.63, 3.8) is 0 Å². The first-order chi connectivity index (χ1) is 14.9. The minimum atomic E-state index is -1.44. The highest BCUT2D eigenvalue weighted by atomic mass is 19.1. The summed E-state index contributed by atoms with van der Waals surface area (Å²) in [5.41, 5.74) is 3.52. The topological polar surface area (TPSA) is 110 Å². The molecule has 1 saturated carbocycles. The molecule has 3 N–H and O–H groups in total. The molecule has 1 unspecified atom stereocenters. The number of nitrogens with zero attached hydrogens (tertiary/aromatic N) is 1. The molecule has 2 amide bonds. The van der Waals surface area contributed by atoms with Crippen LogP contribution in [0.2, 0.25) is 0 Å². The number of carbonyl (C=O) groups is 3. The summed E-state index contributed by atoms with van der Waals surface area (Å²) in [4.78, 5) is 39.3. The van der Waals surface area contributed by atoms with Crippen LogP contribution < -0.4 is 5.73 Å². The van der Waals surface area contributed by atoms with Gasteiger partial charge in [0.1, 0.15) is 17.0 Å². The first-order valence-corrected chi connectivity index (χ1v) is 11.2. The van der Waals surface area contributed by atoms with Gasteiger partial charge in [0.05, 0.1) is 5.56 Å². The van der Waals surface area contributed by atoms with Gasteiger partial charge >= 0.3 is 12.1 Å². The van der Waals surface area contributed by atoms with Crippen molar-refractivity contribution in [2.75, 3.05) is 6.54 Å². The van der Waals surface area contributed by atoms with E-state index in [0.29, 0.717) is 0 Å². The fourth-order valence-corrected chi connectivity index (χ4v) is 5.60. The van der Waals surface area contributed by atoms with Crippen LogP contribution >= 0.6 is 0 Å². The second kappa shape index (κ2) is 8.71. The maximum atomic E-state index is 15.1. The van der Waals surface area contributed by atoms with E-state index in [9.17, 15) is 19.5 Å². The number of hydrogen-bond donors (Lipinski definition) is 2. The zero-order valence-corrected chi connectivity index (χ0v) is 19.2. The molecule has 8 heteroatoms. The van der Waals surface area contributed by atoms with Crippen LogP contribution in [0, 0.1) is 17.7 Å². The quantitative estimate of drug-likeness (QED) is 0.714. The molecule has 1 aliphatic heterocycles. The van der Waals surface area contributed by atoms with Crippen LogP contribution in [0.1, 0.15) is 81.6 Å². The number of ether oxygens (including phenoxy) is 1. The molecule has 2 aliphatic rings. The third-order valence-electron chi connectivity index (χ3n) is 6.95. The van der Waals surface area contributed by atoms with Crippen LogP contribution in [-0.4, -0.2) is 45.7 Å². The summed E-state index contributed by atoms with van der Waals surface area (Å²) in [6, 6.07) is 3.93. The fourth-order valence-electron chi connectivity index (χ4n) is 5.60. The summed E-state index contributed by atoms with van der Waals surface area (Å²) in [7, 11) is 0. The number of primary amides is 1. The molecule has 0 aromatic heterocycles. The smallest absolute Gasteiger partial charge is 0.411 e. The second-order valence-electron chi connectivity index (χ2n) is 10.1. The van der Waals surface area contributed by atoms with Gasteiger partial charge < -0.3 is 15.6 Å². The lowest BCUT2D eigenvalue weighted by Gasteiger charge is -2.42. The number of nitrogens with two attached hydrogens (primary N) is 1. The lowest BCUT2D eigenvalue weighted by Crippen LogP contribution is -2.59. The zero-order valence-electron chi connectivity index (χ0n) is 19.2. The third-order valence-corrected chi connectivity index (χ3v) is 6.95. The van der Waals surface area contributed by atoms with Crippen LogP contribution in [0.3, 0.4) is 0 Å². The van der Waals surface area contributed by atoms with Crippen molar-refractivity contribution < 1.29 is 28.6 Å². The van der Waals surface area contributed by atoms with Crippen molar-refractivity contribution in [1.82, 2.24) is 4.90 Å². The summed E-state index contributed by atoms with van der Waals surface area (Å²) < 4.78 is 20.7. The largest absolute Gasteiger partial charge is 0.478 e. The van der Waals surface area contributed by atoms with E-state index in [1.807, 2.05) is 0 Å². The molecule has 32 heavy (non-hydrogen) atoms. The Balaban J connectivity index is 2.18. The maximum Gasteiger partial charge on any atom is 0.411 e. The number of likely N-dealkylation sites (tertiary alicyclic amines) is 1. The number of benzene rings is 1. The van der Waals surface area contributed by atoms with Crippen molar-refractivity contribution in [2.24, 2.45) is 17.6 Å². The number of hydrogen-bond acceptors (Lipinski definition) is 4. The van der Waals surface area contributed by atoms with E-state index in [2.05, 4.69) is 0 Å². The minimum Gasteiger partial charge on any atom is -0.478 e. The Bertz CT molecular complexity index is 906. The summed E-state index contributed by atoms with van der Waals surface area (Å²) >= 11 is 0. The molecule has 1 aromatic carbocycles. The van der Waals surface area contributed by atoms with Crippen LogP contribution in [-0.2, 0) is 9.53 Å². The Morgan fingerprint density at radius 2 is 1.81 bits per heavy atom. The Kier molecular flexibility index (Phi) is 6.54. The minimum absolute atomic E-state index is 0.0000576. The average molecular weight is 449 g/mol. The van der Waals surface area contributed by atoms with Gasteiger partial charge in [-0.1, -0.05) is 38.2 Å². The second-order valence-corrected chi connectivity index (χ2v) is 10.1. The summed E-state index contributed by atoms with van der Waals surface area (Å²) in [5, 5.41) is 9.75. The van der Waals surface area contributed by atoms with Gasteiger partial charge in [-0.05, 0) is 45.7 Å². The molecule has 0 spiro atoms. The molecule has 7 nitrogen and oxygen atoms in total. The summed E-state index contributed by atoms with van der Waals surface area (Å²) in [6.45, 7) is 6.73. The Hall–Kier alpha value is -2.64. The number of halogens is 1. The summed E-state index contributed by atoms with van der Waals surface area (Å²) in [6.07, 6.45) is 3.88. The van der Waals surface area contributed by atoms with Gasteiger partial charge in [0, 0.05) is 23.9 Å². The molecule has 1 heterocycles. The number of carboxylic acid groups (broad SMARTS) is 1. The Morgan fingerprint density at radius 3 is 2.34 bits per heavy atom. The van der Waals surface area contributed by atoms with Crippen LogP contribution in [0.5, 0.6) is 0 Å². The van der Waals surface area contributed by atoms with E-state index in [-0.39, 0.29) is 23.6 Å². The maximum absolute atomic E-state index is 15.1. The van der Waals surface area contributed by atoms with Gasteiger partial charge in [-0.25, -0.2) is 14.0 Å². The standard InChI is InChI=1S/C24H33FN2O5/c1-23(2,3)32-22(31)27-13-16(18-15(20(28)29)11-8-12-17(18)25)19(24(27,4)21(26)30)14-9-6-5-7-10-14/h8,11-12,14,16,19H,5-7,9-10,13H2,1-4H3,(H2,26,30)(H,28,29)/t16?,19-,24+/m1/s1. The van der Waals surface area contributed by atoms with Gasteiger partial charge in [0.2, 0.25) is 5.91 Å². The highest BCUT2D eigenvalue weighted by molar-refractivity contribution is 5.92. The van der Waals surface area contributed by atoms with E-state index in [1.165, 1.54) is 23.1 Å². The van der Waals surface area contributed by atoms with Crippen LogP contribution in [0.15, 0.2) is 18.2 Å². The van der Waals surface area contributed by atoms with E-state index in [1.54, 1.807) is 27.7 Å². The van der Waals surface area contributed by atoms with Crippen LogP contribution in [0.4, 0.5) is 9.18 Å². The molecule has 3 atom stereocenters. The molecule has 0 radical (unpaired) electrons. The first kappa shape index (κ1) is 24.0. The predicted octanol–water partition coefficient (Wildman–Crippen LogP) is 4.30. The molecule has 2 fully saturated rings. The van der Waals surface area contributed by atoms with Gasteiger partial charge in [-0.2, -0.15) is 0 Å². The van der Waals surface area contributed by atoms with Crippen molar-refractivity contribution >= 4 is 18.0 Å². The number of carbonyl (C=O) groups excluding carboxylic acids is 2. The lowest BCUT2D eigenvalue weighted by atomic mass is 9.65. The number of rotatable bonds is 4. The average Bonchev–Trinajstić information content (AvgIpc) is 3.01. The lowest BCUT2D eigenvalue weighted by molar-refractivity contribution is -0.131. The zero-order chi connectivity index (χ0) is 23.8. The highest BCUT2D eigenvalue weighted by Gasteiger charge is 2.60. The SMILES string of the molecule is CC(C)(C)OC(=O)N1CC(c2c(F)cccc2C(=O)O)[C@@H](C2CCCCC2)[C@@]1(C)C(N)=O. The Labute approximate surface area is 188 Å². The van der Waals surface area contributed by atoms with Crippen molar-refractivity contribution in [3.8, 4) is 0 Å². The molecule has 1 aromatic rings.